The molecule has 11 heavy (non-hydrogen) atoms. The largest absolute Gasteiger partial charge is 0.394 e. The number of carbonyl (C=O) groups is 1. The van der Waals surface area contributed by atoms with Crippen molar-refractivity contribution in [2.45, 2.75) is 6.92 Å². The van der Waals surface area contributed by atoms with Crippen LogP contribution in [0, 0.1) is 0 Å². The number of hydrogen-bond acceptors (Lipinski definition) is 4. The second-order valence-electron chi connectivity index (χ2n) is 1.97. The molecule has 0 spiro atoms. The van der Waals surface area contributed by atoms with Crippen molar-refractivity contribution in [3.05, 3.63) is 23.7 Å². The molecular weight excluding hydrogens is 162 g/mol. The first-order valence-electron chi connectivity index (χ1n) is 2.97. The van der Waals surface area contributed by atoms with E-state index in [1.807, 2.05) is 0 Å². The lowest BCUT2D eigenvalue weighted by atomic mass is 10.4. The summed E-state index contributed by atoms with van der Waals surface area (Å²) in [6.07, 6.45) is 1.58. The molecule has 0 amide bonds. The van der Waals surface area contributed by atoms with Crippen molar-refractivity contribution in [3.63, 3.8) is 0 Å². The minimum atomic E-state index is -0.431. The molecule has 1 rings (SSSR count). The van der Waals surface area contributed by atoms with Gasteiger partial charge in [0, 0.05) is 17.2 Å². The van der Waals surface area contributed by atoms with E-state index in [-0.39, 0.29) is 0 Å². The third-order valence-corrected chi connectivity index (χ3v) is 1.59. The van der Waals surface area contributed by atoms with E-state index in [4.69, 9.17) is 4.74 Å². The van der Waals surface area contributed by atoms with Gasteiger partial charge in [-0.3, -0.25) is 0 Å². The average Bonchev–Trinajstić information content (AvgIpc) is 2.39. The highest BCUT2D eigenvalue weighted by atomic mass is 32.1. The van der Waals surface area contributed by atoms with Crippen molar-refractivity contribution in [1.29, 1.82) is 0 Å². The molecule has 0 saturated carbocycles. The van der Waals surface area contributed by atoms with Crippen LogP contribution in [0.3, 0.4) is 0 Å². The normalized spacial score (nSPS) is 9.18. The SMILES string of the molecule is C=C(C)C(=O)Oc1nccs1. The molecule has 0 aromatic carbocycles. The zero-order valence-corrected chi connectivity index (χ0v) is 6.85. The fraction of sp³-hybridized carbons (Fsp3) is 0.143. The van der Waals surface area contributed by atoms with E-state index in [0.717, 1.165) is 0 Å². The Bertz CT molecular complexity index is 266. The van der Waals surface area contributed by atoms with Gasteiger partial charge < -0.3 is 4.74 Å². The highest BCUT2D eigenvalue weighted by Gasteiger charge is 2.05. The molecule has 0 bridgehead atoms. The summed E-state index contributed by atoms with van der Waals surface area (Å²) in [5, 5.41) is 2.10. The van der Waals surface area contributed by atoms with E-state index in [0.29, 0.717) is 10.8 Å². The summed E-state index contributed by atoms with van der Waals surface area (Å²) < 4.78 is 4.78. The summed E-state index contributed by atoms with van der Waals surface area (Å²) >= 11 is 1.27. The van der Waals surface area contributed by atoms with Crippen molar-refractivity contribution in [3.8, 4) is 5.19 Å². The Morgan fingerprint density at radius 2 is 2.55 bits per heavy atom. The van der Waals surface area contributed by atoms with Gasteiger partial charge >= 0.3 is 5.97 Å². The van der Waals surface area contributed by atoms with Gasteiger partial charge in [0.15, 0.2) is 0 Å². The quantitative estimate of drug-likeness (QED) is 0.499. The average molecular weight is 169 g/mol. The molecule has 0 fully saturated rings. The van der Waals surface area contributed by atoms with Crippen molar-refractivity contribution in [2.24, 2.45) is 0 Å². The lowest BCUT2D eigenvalue weighted by Crippen LogP contribution is -2.07. The number of aromatic nitrogens is 1. The highest BCUT2D eigenvalue weighted by molar-refractivity contribution is 7.11. The summed E-state index contributed by atoms with van der Waals surface area (Å²) in [4.78, 5) is 14.6. The highest BCUT2D eigenvalue weighted by Crippen LogP contribution is 2.14. The number of rotatable bonds is 2. The molecule has 58 valence electrons. The fourth-order valence-corrected chi connectivity index (χ4v) is 0.911. The van der Waals surface area contributed by atoms with E-state index in [1.54, 1.807) is 18.5 Å². The van der Waals surface area contributed by atoms with Gasteiger partial charge in [0.25, 0.3) is 5.19 Å². The molecule has 3 nitrogen and oxygen atoms in total. The zero-order valence-electron chi connectivity index (χ0n) is 6.03. The third-order valence-electron chi connectivity index (χ3n) is 0.938. The van der Waals surface area contributed by atoms with Crippen LogP contribution in [0.4, 0.5) is 0 Å². The summed E-state index contributed by atoms with van der Waals surface area (Å²) in [5.74, 6) is -0.431. The standard InChI is InChI=1S/C7H7NO2S/c1-5(2)6(9)10-7-8-3-4-11-7/h3-4H,1H2,2H3. The molecule has 0 aliphatic heterocycles. The Labute approximate surface area is 68.3 Å². The van der Waals surface area contributed by atoms with Gasteiger partial charge in [-0.25, -0.2) is 9.78 Å². The van der Waals surface area contributed by atoms with Crippen molar-refractivity contribution in [2.75, 3.05) is 0 Å². The van der Waals surface area contributed by atoms with Crippen LogP contribution in [-0.4, -0.2) is 11.0 Å². The van der Waals surface area contributed by atoms with Crippen LogP contribution >= 0.6 is 11.3 Å². The third kappa shape index (κ3) is 2.16. The van der Waals surface area contributed by atoms with Crippen LogP contribution in [-0.2, 0) is 4.79 Å². The van der Waals surface area contributed by atoms with Gasteiger partial charge in [-0.15, -0.1) is 0 Å². The van der Waals surface area contributed by atoms with Gasteiger partial charge in [-0.2, -0.15) is 0 Å². The molecule has 0 unspecified atom stereocenters. The number of thiazole rings is 1. The van der Waals surface area contributed by atoms with Gasteiger partial charge in [-0.05, 0) is 6.92 Å². The van der Waals surface area contributed by atoms with Crippen molar-refractivity contribution < 1.29 is 9.53 Å². The van der Waals surface area contributed by atoms with Gasteiger partial charge in [0.05, 0.1) is 0 Å². The molecule has 0 saturated heterocycles. The van der Waals surface area contributed by atoms with Crippen molar-refractivity contribution >= 4 is 17.3 Å². The molecule has 0 aliphatic rings. The van der Waals surface area contributed by atoms with Crippen LogP contribution in [0.1, 0.15) is 6.92 Å². The van der Waals surface area contributed by atoms with E-state index >= 15 is 0 Å². The topological polar surface area (TPSA) is 39.2 Å². The van der Waals surface area contributed by atoms with Gasteiger partial charge in [0.2, 0.25) is 0 Å². The second-order valence-corrected chi connectivity index (χ2v) is 2.82. The van der Waals surface area contributed by atoms with Gasteiger partial charge in [-0.1, -0.05) is 17.9 Å². The van der Waals surface area contributed by atoms with Crippen LogP contribution in [0.2, 0.25) is 0 Å². The van der Waals surface area contributed by atoms with E-state index in [9.17, 15) is 4.79 Å². The predicted octanol–water partition coefficient (Wildman–Crippen LogP) is 1.62. The number of nitrogens with zero attached hydrogens (tertiary/aromatic N) is 1. The lowest BCUT2D eigenvalue weighted by Gasteiger charge is -1.96. The number of carbonyl (C=O) groups excluding carboxylic acids is 1. The van der Waals surface area contributed by atoms with E-state index in [1.165, 1.54) is 11.3 Å². The Balaban J connectivity index is 2.57. The first kappa shape index (κ1) is 7.94. The maximum atomic E-state index is 10.9. The Hall–Kier alpha value is -1.16. The minimum Gasteiger partial charge on any atom is -0.394 e. The van der Waals surface area contributed by atoms with Crippen LogP contribution in [0.25, 0.3) is 0 Å². The molecule has 0 radical (unpaired) electrons. The second kappa shape index (κ2) is 3.30. The van der Waals surface area contributed by atoms with Crippen LogP contribution in [0.5, 0.6) is 5.19 Å². The molecule has 0 aliphatic carbocycles. The number of ether oxygens (including phenoxy) is 1. The maximum Gasteiger partial charge on any atom is 0.340 e. The number of hydrogen-bond donors (Lipinski definition) is 0. The van der Waals surface area contributed by atoms with Gasteiger partial charge in [0.1, 0.15) is 0 Å². The minimum absolute atomic E-state index is 0.359. The van der Waals surface area contributed by atoms with E-state index in [2.05, 4.69) is 11.6 Å². The van der Waals surface area contributed by atoms with Crippen LogP contribution in [0.15, 0.2) is 23.7 Å². The smallest absolute Gasteiger partial charge is 0.340 e. The first-order valence-corrected chi connectivity index (χ1v) is 3.85. The molecule has 1 aromatic heterocycles. The molecule has 0 atom stereocenters. The van der Waals surface area contributed by atoms with Crippen molar-refractivity contribution in [1.82, 2.24) is 4.98 Å². The summed E-state index contributed by atoms with van der Waals surface area (Å²) in [6.45, 7) is 5.03. The Morgan fingerprint density at radius 1 is 1.82 bits per heavy atom. The Morgan fingerprint density at radius 3 is 3.00 bits per heavy atom. The lowest BCUT2D eigenvalue weighted by molar-refractivity contribution is -0.130. The first-order chi connectivity index (χ1) is 5.20. The predicted molar refractivity (Wildman–Crippen MR) is 42.6 cm³/mol. The molecule has 4 heteroatoms. The fourth-order valence-electron chi connectivity index (χ4n) is 0.427. The van der Waals surface area contributed by atoms with E-state index < -0.39 is 5.97 Å². The summed E-state index contributed by atoms with van der Waals surface area (Å²) in [7, 11) is 0. The molecule has 1 heterocycles. The Kier molecular flexibility index (Phi) is 2.38. The molecular formula is C7H7NO2S. The maximum absolute atomic E-state index is 10.9. The zero-order chi connectivity index (χ0) is 8.27. The number of esters is 1. The molecule has 0 N–H and O–H groups in total. The summed E-state index contributed by atoms with van der Waals surface area (Å²) in [5.41, 5.74) is 0.375. The monoisotopic (exact) mass is 169 g/mol. The summed E-state index contributed by atoms with van der Waals surface area (Å²) in [6, 6.07) is 0. The van der Waals surface area contributed by atoms with Crippen LogP contribution < -0.4 is 4.74 Å². The molecule has 1 aromatic rings.